The molecule has 68 valence electrons. The first-order chi connectivity index (χ1) is 5.37. The average molecular weight is 210 g/mol. The summed E-state index contributed by atoms with van der Waals surface area (Å²) in [5, 5.41) is -0.774. The second kappa shape index (κ2) is 4.48. The number of hydrogen-bond donors (Lipinski definition) is 0. The van der Waals surface area contributed by atoms with Crippen LogP contribution in [0.1, 0.15) is 6.92 Å². The summed E-state index contributed by atoms with van der Waals surface area (Å²) in [6.45, 7) is 1.24. The van der Waals surface area contributed by atoms with E-state index >= 15 is 0 Å². The molecule has 0 saturated heterocycles. The van der Waals surface area contributed by atoms with Gasteiger partial charge in [0.2, 0.25) is 0 Å². The molecule has 0 bridgehead atoms. The van der Waals surface area contributed by atoms with E-state index in [4.69, 9.17) is 23.2 Å². The van der Waals surface area contributed by atoms with E-state index in [-0.39, 0.29) is 10.7 Å². The van der Waals surface area contributed by atoms with E-state index < -0.39 is 11.0 Å². The van der Waals surface area contributed by atoms with Gasteiger partial charge in [0, 0.05) is 14.1 Å². The molecule has 0 unspecified atom stereocenters. The maximum absolute atomic E-state index is 10.9. The Balaban J connectivity index is 5.08. The predicted molar refractivity (Wildman–Crippen MR) is 48.1 cm³/mol. The van der Waals surface area contributed by atoms with Crippen LogP contribution in [0.3, 0.4) is 0 Å². The molecule has 0 spiro atoms. The molecule has 3 nitrogen and oxygen atoms in total. The molecule has 0 atom stereocenters. The summed E-state index contributed by atoms with van der Waals surface area (Å²) in [4.78, 5) is 23.0. The fourth-order valence-electron chi connectivity index (χ4n) is 0.588. The number of halogens is 2. The highest BCUT2D eigenvalue weighted by molar-refractivity contribution is 6.71. The van der Waals surface area contributed by atoms with Gasteiger partial charge >= 0.3 is 0 Å². The second-order valence-electron chi connectivity index (χ2n) is 2.39. The van der Waals surface area contributed by atoms with Crippen LogP contribution in [0.2, 0.25) is 0 Å². The minimum atomic E-state index is -0.832. The first kappa shape index (κ1) is 11.5. The number of hydrogen-bond acceptors (Lipinski definition) is 3. The van der Waals surface area contributed by atoms with Crippen molar-refractivity contribution in [1.82, 2.24) is 4.90 Å². The van der Waals surface area contributed by atoms with Gasteiger partial charge in [-0.1, -0.05) is 11.6 Å². The van der Waals surface area contributed by atoms with Crippen molar-refractivity contribution in [3.63, 3.8) is 0 Å². The van der Waals surface area contributed by atoms with Gasteiger partial charge in [0.05, 0.1) is 0 Å². The van der Waals surface area contributed by atoms with E-state index in [1.807, 2.05) is 0 Å². The average Bonchev–Trinajstić information content (AvgIpc) is 1.85. The molecule has 12 heavy (non-hydrogen) atoms. The standard InChI is InChI=1S/C7H9Cl2NO2/c1-4(11)5(7(9)12)6(8)10(2)3/h1-3H3. The van der Waals surface area contributed by atoms with Gasteiger partial charge in [-0.3, -0.25) is 9.59 Å². The first-order valence-electron chi connectivity index (χ1n) is 3.15. The van der Waals surface area contributed by atoms with Crippen molar-refractivity contribution >= 4 is 34.2 Å². The third kappa shape index (κ3) is 2.83. The number of rotatable bonds is 3. The Morgan fingerprint density at radius 2 is 1.58 bits per heavy atom. The third-order valence-electron chi connectivity index (χ3n) is 1.15. The van der Waals surface area contributed by atoms with Gasteiger partial charge in [-0.15, -0.1) is 0 Å². The molecule has 0 aliphatic rings. The fourth-order valence-corrected chi connectivity index (χ4v) is 1.08. The van der Waals surface area contributed by atoms with Gasteiger partial charge < -0.3 is 4.90 Å². The van der Waals surface area contributed by atoms with Crippen LogP contribution in [-0.2, 0) is 9.59 Å². The van der Waals surface area contributed by atoms with E-state index in [1.165, 1.54) is 11.8 Å². The van der Waals surface area contributed by atoms with Gasteiger partial charge in [0.1, 0.15) is 10.7 Å². The normalized spacial score (nSPS) is 12.1. The Hall–Kier alpha value is -0.540. The Bertz CT molecular complexity index is 230. The lowest BCUT2D eigenvalue weighted by molar-refractivity contribution is -0.117. The van der Waals surface area contributed by atoms with Crippen molar-refractivity contribution in [3.05, 3.63) is 10.7 Å². The Labute approximate surface area is 80.9 Å². The van der Waals surface area contributed by atoms with Gasteiger partial charge in [-0.25, -0.2) is 0 Å². The molecule has 0 aromatic rings. The molecule has 0 aliphatic heterocycles. The van der Waals surface area contributed by atoms with Crippen molar-refractivity contribution in [2.75, 3.05) is 14.1 Å². The predicted octanol–water partition coefficient (Wildman–Crippen LogP) is 1.35. The van der Waals surface area contributed by atoms with Crippen LogP contribution in [0.5, 0.6) is 0 Å². The van der Waals surface area contributed by atoms with Crippen LogP contribution < -0.4 is 0 Å². The SMILES string of the molecule is CC(=O)C(C(=O)Cl)=C(Cl)N(C)C. The Morgan fingerprint density at radius 1 is 1.17 bits per heavy atom. The van der Waals surface area contributed by atoms with Crippen LogP contribution in [-0.4, -0.2) is 30.0 Å². The third-order valence-corrected chi connectivity index (χ3v) is 1.86. The van der Waals surface area contributed by atoms with Crippen molar-refractivity contribution in [1.29, 1.82) is 0 Å². The quantitative estimate of drug-likeness (QED) is 0.232. The molecule has 0 fully saturated rings. The van der Waals surface area contributed by atoms with Crippen molar-refractivity contribution in [2.45, 2.75) is 6.92 Å². The Kier molecular flexibility index (Phi) is 4.28. The molecular formula is C7H9Cl2NO2. The lowest BCUT2D eigenvalue weighted by atomic mass is 10.2. The molecule has 0 rings (SSSR count). The lowest BCUT2D eigenvalue weighted by Gasteiger charge is -2.12. The highest BCUT2D eigenvalue weighted by Gasteiger charge is 2.17. The maximum Gasteiger partial charge on any atom is 0.259 e. The summed E-state index contributed by atoms with van der Waals surface area (Å²) in [7, 11) is 3.23. The summed E-state index contributed by atoms with van der Waals surface area (Å²) in [5.41, 5.74) is -0.177. The van der Waals surface area contributed by atoms with Crippen LogP contribution in [0.15, 0.2) is 10.7 Å². The molecule has 0 amide bonds. The molecule has 0 aromatic heterocycles. The number of Topliss-reactive ketones (excluding diaryl/α,β-unsaturated/α-hetero) is 1. The zero-order valence-corrected chi connectivity index (χ0v) is 8.53. The molecule has 0 aromatic carbocycles. The van der Waals surface area contributed by atoms with Crippen molar-refractivity contribution < 1.29 is 9.59 Å². The van der Waals surface area contributed by atoms with Crippen LogP contribution in [0.4, 0.5) is 0 Å². The largest absolute Gasteiger partial charge is 0.368 e. The minimum absolute atomic E-state index is 0.0579. The van der Waals surface area contributed by atoms with E-state index in [1.54, 1.807) is 14.1 Å². The van der Waals surface area contributed by atoms with Gasteiger partial charge in [0.25, 0.3) is 5.24 Å². The number of carbonyl (C=O) groups excluding carboxylic acids is 2. The van der Waals surface area contributed by atoms with Gasteiger partial charge in [-0.2, -0.15) is 0 Å². The molecule has 0 aliphatic carbocycles. The summed E-state index contributed by atoms with van der Waals surface area (Å²) in [5.74, 6) is -0.436. The van der Waals surface area contributed by atoms with Gasteiger partial charge in [0.15, 0.2) is 5.78 Å². The van der Waals surface area contributed by atoms with E-state index in [0.717, 1.165) is 0 Å². The van der Waals surface area contributed by atoms with Crippen molar-refractivity contribution in [3.8, 4) is 0 Å². The summed E-state index contributed by atoms with van der Waals surface area (Å²) < 4.78 is 0. The van der Waals surface area contributed by atoms with Crippen LogP contribution in [0.25, 0.3) is 0 Å². The summed E-state index contributed by atoms with van der Waals surface area (Å²) in [6.07, 6.45) is 0. The molecule has 0 heterocycles. The molecule has 0 N–H and O–H groups in total. The van der Waals surface area contributed by atoms with Gasteiger partial charge in [-0.05, 0) is 18.5 Å². The van der Waals surface area contributed by atoms with Crippen LogP contribution in [0, 0.1) is 0 Å². The van der Waals surface area contributed by atoms with E-state index in [0.29, 0.717) is 0 Å². The minimum Gasteiger partial charge on any atom is -0.368 e. The highest BCUT2D eigenvalue weighted by atomic mass is 35.5. The molecule has 5 heteroatoms. The first-order valence-corrected chi connectivity index (χ1v) is 3.91. The zero-order valence-electron chi connectivity index (χ0n) is 7.02. The number of ketones is 1. The zero-order chi connectivity index (χ0) is 9.89. The Morgan fingerprint density at radius 3 is 1.67 bits per heavy atom. The highest BCUT2D eigenvalue weighted by Crippen LogP contribution is 2.15. The fraction of sp³-hybridized carbons (Fsp3) is 0.429. The van der Waals surface area contributed by atoms with E-state index in [2.05, 4.69) is 0 Å². The number of allylic oxidation sites excluding steroid dienone is 1. The lowest BCUT2D eigenvalue weighted by Crippen LogP contribution is -2.15. The number of nitrogens with zero attached hydrogens (tertiary/aromatic N) is 1. The maximum atomic E-state index is 10.9. The summed E-state index contributed by atoms with van der Waals surface area (Å²) in [6, 6.07) is 0. The number of carbonyl (C=O) groups is 2. The molecular weight excluding hydrogens is 201 g/mol. The van der Waals surface area contributed by atoms with Crippen molar-refractivity contribution in [2.24, 2.45) is 0 Å². The molecule has 0 radical (unpaired) electrons. The monoisotopic (exact) mass is 209 g/mol. The smallest absolute Gasteiger partial charge is 0.259 e. The van der Waals surface area contributed by atoms with Crippen LogP contribution >= 0.6 is 23.2 Å². The van der Waals surface area contributed by atoms with E-state index in [9.17, 15) is 9.59 Å². The topological polar surface area (TPSA) is 37.4 Å². The molecule has 0 saturated carbocycles. The second-order valence-corrected chi connectivity index (χ2v) is 3.09. The summed E-state index contributed by atoms with van der Waals surface area (Å²) >= 11 is 10.8.